The lowest BCUT2D eigenvalue weighted by Crippen LogP contribution is -2.38. The summed E-state index contributed by atoms with van der Waals surface area (Å²) in [6, 6.07) is 5.69. The maximum absolute atomic E-state index is 12.2. The van der Waals surface area contributed by atoms with Crippen LogP contribution < -0.4 is 4.72 Å². The lowest BCUT2D eigenvalue weighted by Gasteiger charge is -2.25. The molecule has 0 saturated heterocycles. The fourth-order valence-electron chi connectivity index (χ4n) is 2.44. The van der Waals surface area contributed by atoms with Gasteiger partial charge in [0.25, 0.3) is 0 Å². The molecule has 0 radical (unpaired) electrons. The minimum absolute atomic E-state index is 0.128. The highest BCUT2D eigenvalue weighted by atomic mass is 32.2. The number of carboxylic acid groups (broad SMARTS) is 1. The topological polar surface area (TPSA) is 104 Å². The number of aliphatic hydroxyl groups excluding tert-OH is 1. The van der Waals surface area contributed by atoms with E-state index in [-0.39, 0.29) is 23.5 Å². The Hall–Kier alpha value is -1.44. The minimum Gasteiger partial charge on any atom is -0.481 e. The second-order valence-corrected chi connectivity index (χ2v) is 7.06. The second kappa shape index (κ2) is 6.55. The minimum atomic E-state index is -3.60. The number of aliphatic carboxylic acids is 1. The molecular formula is C14H19NO5S. The van der Waals surface area contributed by atoms with Crippen molar-refractivity contribution in [1.29, 1.82) is 0 Å². The second-order valence-electron chi connectivity index (χ2n) is 5.34. The number of carboxylic acids is 1. The van der Waals surface area contributed by atoms with Crippen molar-refractivity contribution >= 4 is 16.0 Å². The summed E-state index contributed by atoms with van der Waals surface area (Å²) in [4.78, 5) is 10.7. The molecule has 0 spiro atoms. The Labute approximate surface area is 123 Å². The SMILES string of the molecule is O=C(O)Cc1ccc(S(=O)(=O)NC2CCC(O)CC2)cc1. The molecule has 7 heteroatoms. The van der Waals surface area contributed by atoms with Crippen molar-refractivity contribution in [3.63, 3.8) is 0 Å². The van der Waals surface area contributed by atoms with E-state index >= 15 is 0 Å². The van der Waals surface area contributed by atoms with Gasteiger partial charge < -0.3 is 10.2 Å². The van der Waals surface area contributed by atoms with Gasteiger partial charge in [-0.15, -0.1) is 0 Å². The Bertz CT molecular complexity index is 588. The van der Waals surface area contributed by atoms with Crippen LogP contribution in [0.1, 0.15) is 31.2 Å². The fourth-order valence-corrected chi connectivity index (χ4v) is 3.75. The number of hydrogen-bond donors (Lipinski definition) is 3. The molecule has 1 aromatic carbocycles. The summed E-state index contributed by atoms with van der Waals surface area (Å²) < 4.78 is 27.1. The summed E-state index contributed by atoms with van der Waals surface area (Å²) in [6.07, 6.45) is 1.99. The lowest BCUT2D eigenvalue weighted by atomic mass is 9.94. The molecular weight excluding hydrogens is 294 g/mol. The number of nitrogens with one attached hydrogen (secondary N) is 1. The van der Waals surface area contributed by atoms with Gasteiger partial charge >= 0.3 is 5.97 Å². The van der Waals surface area contributed by atoms with E-state index in [0.717, 1.165) is 0 Å². The molecule has 0 atom stereocenters. The van der Waals surface area contributed by atoms with Gasteiger partial charge in [0.15, 0.2) is 0 Å². The first-order valence-corrected chi connectivity index (χ1v) is 8.36. The Balaban J connectivity index is 2.03. The van der Waals surface area contributed by atoms with Crippen molar-refractivity contribution in [2.75, 3.05) is 0 Å². The van der Waals surface area contributed by atoms with Crippen molar-refractivity contribution in [3.8, 4) is 0 Å². The Morgan fingerprint density at radius 2 is 1.71 bits per heavy atom. The molecule has 1 fully saturated rings. The van der Waals surface area contributed by atoms with Gasteiger partial charge in [-0.1, -0.05) is 12.1 Å². The van der Waals surface area contributed by atoms with Gasteiger partial charge in [-0.25, -0.2) is 13.1 Å². The van der Waals surface area contributed by atoms with Crippen LogP contribution in [0.4, 0.5) is 0 Å². The summed E-state index contributed by atoms with van der Waals surface area (Å²) >= 11 is 0. The van der Waals surface area contributed by atoms with E-state index in [1.54, 1.807) is 0 Å². The van der Waals surface area contributed by atoms with Gasteiger partial charge in [0.1, 0.15) is 0 Å². The predicted octanol–water partition coefficient (Wildman–Crippen LogP) is 0.895. The highest BCUT2D eigenvalue weighted by Crippen LogP contribution is 2.20. The van der Waals surface area contributed by atoms with Crippen LogP contribution in [0.2, 0.25) is 0 Å². The Morgan fingerprint density at radius 1 is 1.14 bits per heavy atom. The standard InChI is InChI=1S/C14H19NO5S/c16-12-5-3-11(4-6-12)15-21(19,20)13-7-1-10(2-8-13)9-14(17)18/h1-2,7-8,11-12,15-16H,3-6,9H2,(H,17,18). The maximum atomic E-state index is 12.2. The van der Waals surface area contributed by atoms with E-state index in [2.05, 4.69) is 4.72 Å². The molecule has 0 unspecified atom stereocenters. The number of benzene rings is 1. The predicted molar refractivity (Wildman–Crippen MR) is 76.4 cm³/mol. The van der Waals surface area contributed by atoms with E-state index < -0.39 is 16.0 Å². The summed E-state index contributed by atoms with van der Waals surface area (Å²) in [5.74, 6) is -0.954. The Morgan fingerprint density at radius 3 is 2.24 bits per heavy atom. The number of carbonyl (C=O) groups is 1. The largest absolute Gasteiger partial charge is 0.481 e. The number of hydrogen-bond acceptors (Lipinski definition) is 4. The average molecular weight is 313 g/mol. The molecule has 0 aromatic heterocycles. The van der Waals surface area contributed by atoms with Crippen LogP contribution in [-0.4, -0.2) is 36.7 Å². The van der Waals surface area contributed by atoms with E-state index in [9.17, 15) is 18.3 Å². The normalized spacial score (nSPS) is 22.9. The summed E-state index contributed by atoms with van der Waals surface area (Å²) in [5, 5.41) is 18.1. The highest BCUT2D eigenvalue weighted by molar-refractivity contribution is 7.89. The van der Waals surface area contributed by atoms with Gasteiger partial charge in [0.2, 0.25) is 10.0 Å². The third kappa shape index (κ3) is 4.52. The number of aliphatic hydroxyl groups is 1. The molecule has 0 heterocycles. The van der Waals surface area contributed by atoms with Gasteiger partial charge in [-0.2, -0.15) is 0 Å². The first-order valence-electron chi connectivity index (χ1n) is 6.88. The van der Waals surface area contributed by atoms with Crippen LogP contribution in [0.3, 0.4) is 0 Å². The quantitative estimate of drug-likeness (QED) is 0.749. The van der Waals surface area contributed by atoms with Crippen LogP contribution in [-0.2, 0) is 21.2 Å². The van der Waals surface area contributed by atoms with E-state index in [0.29, 0.717) is 31.2 Å². The maximum Gasteiger partial charge on any atom is 0.307 e. The first-order chi connectivity index (χ1) is 9.87. The van der Waals surface area contributed by atoms with Crippen LogP contribution in [0.5, 0.6) is 0 Å². The van der Waals surface area contributed by atoms with Crippen LogP contribution in [0, 0.1) is 0 Å². The van der Waals surface area contributed by atoms with Crippen molar-refractivity contribution in [2.24, 2.45) is 0 Å². The lowest BCUT2D eigenvalue weighted by molar-refractivity contribution is -0.136. The van der Waals surface area contributed by atoms with Crippen molar-refractivity contribution in [2.45, 2.75) is 49.1 Å². The van der Waals surface area contributed by atoms with Crippen LogP contribution in [0.15, 0.2) is 29.2 Å². The third-order valence-electron chi connectivity index (χ3n) is 3.61. The van der Waals surface area contributed by atoms with Crippen LogP contribution in [0.25, 0.3) is 0 Å². The zero-order chi connectivity index (χ0) is 15.5. The summed E-state index contributed by atoms with van der Waals surface area (Å²) in [7, 11) is -3.60. The zero-order valence-corrected chi connectivity index (χ0v) is 12.3. The van der Waals surface area contributed by atoms with Gasteiger partial charge in [-0.3, -0.25) is 4.79 Å². The van der Waals surface area contributed by atoms with Crippen molar-refractivity contribution < 1.29 is 23.4 Å². The van der Waals surface area contributed by atoms with E-state index in [4.69, 9.17) is 5.11 Å². The fraction of sp³-hybridized carbons (Fsp3) is 0.500. The Kier molecular flexibility index (Phi) is 4.97. The van der Waals surface area contributed by atoms with Crippen molar-refractivity contribution in [1.82, 2.24) is 4.72 Å². The third-order valence-corrected chi connectivity index (χ3v) is 5.14. The number of sulfonamides is 1. The summed E-state index contributed by atoms with van der Waals surface area (Å²) in [5.41, 5.74) is 0.558. The molecule has 0 bridgehead atoms. The number of rotatable bonds is 5. The molecule has 1 saturated carbocycles. The molecule has 21 heavy (non-hydrogen) atoms. The molecule has 2 rings (SSSR count). The van der Waals surface area contributed by atoms with Gasteiger partial charge in [0, 0.05) is 6.04 Å². The smallest absolute Gasteiger partial charge is 0.307 e. The van der Waals surface area contributed by atoms with E-state index in [1.807, 2.05) is 0 Å². The van der Waals surface area contributed by atoms with Gasteiger partial charge in [-0.05, 0) is 43.4 Å². The summed E-state index contributed by atoms with van der Waals surface area (Å²) in [6.45, 7) is 0. The zero-order valence-electron chi connectivity index (χ0n) is 11.5. The van der Waals surface area contributed by atoms with Crippen LogP contribution >= 0.6 is 0 Å². The van der Waals surface area contributed by atoms with Gasteiger partial charge in [0.05, 0.1) is 17.4 Å². The molecule has 1 aliphatic carbocycles. The average Bonchev–Trinajstić information content (AvgIpc) is 2.41. The molecule has 1 aliphatic rings. The molecule has 116 valence electrons. The highest BCUT2D eigenvalue weighted by Gasteiger charge is 2.24. The molecule has 1 aromatic rings. The molecule has 0 aliphatic heterocycles. The molecule has 3 N–H and O–H groups in total. The van der Waals surface area contributed by atoms with Crippen molar-refractivity contribution in [3.05, 3.63) is 29.8 Å². The monoisotopic (exact) mass is 313 g/mol. The molecule has 0 amide bonds. The first kappa shape index (κ1) is 15.9. The van der Waals surface area contributed by atoms with E-state index in [1.165, 1.54) is 24.3 Å². The molecule has 6 nitrogen and oxygen atoms in total.